The predicted octanol–water partition coefficient (Wildman–Crippen LogP) is 3.47. The van der Waals surface area contributed by atoms with Gasteiger partial charge in [0.05, 0.1) is 15.6 Å². The fourth-order valence-corrected chi connectivity index (χ4v) is 3.58. The van der Waals surface area contributed by atoms with Gasteiger partial charge < -0.3 is 9.47 Å². The first-order chi connectivity index (χ1) is 11.0. The molecule has 23 heavy (non-hydrogen) atoms. The molecule has 1 N–H and O–H groups in total. The molecule has 0 saturated carbocycles. The molecule has 0 fully saturated rings. The lowest BCUT2D eigenvalue weighted by atomic mass is 10.2. The van der Waals surface area contributed by atoms with Crippen LogP contribution in [0.1, 0.15) is 12.5 Å². The molecule has 5 nitrogen and oxygen atoms in total. The molecule has 0 aliphatic carbocycles. The molecule has 1 aliphatic rings. The second-order valence-electron chi connectivity index (χ2n) is 5.08. The van der Waals surface area contributed by atoms with Crippen molar-refractivity contribution < 1.29 is 17.9 Å². The van der Waals surface area contributed by atoms with Crippen molar-refractivity contribution in [1.29, 1.82) is 0 Å². The van der Waals surface area contributed by atoms with E-state index in [1.54, 1.807) is 30.3 Å². The van der Waals surface area contributed by atoms with E-state index in [1.165, 1.54) is 6.07 Å². The first-order valence-corrected chi connectivity index (χ1v) is 9.06. The minimum absolute atomic E-state index is 0.181. The van der Waals surface area contributed by atoms with Gasteiger partial charge in [0.2, 0.25) is 0 Å². The number of ether oxygens (including phenoxy) is 2. The molecule has 0 atom stereocenters. The van der Waals surface area contributed by atoms with Crippen molar-refractivity contribution in [3.8, 4) is 11.5 Å². The summed E-state index contributed by atoms with van der Waals surface area (Å²) in [6.45, 7) is 2.87. The van der Waals surface area contributed by atoms with Gasteiger partial charge >= 0.3 is 0 Å². The van der Waals surface area contributed by atoms with Crippen molar-refractivity contribution in [2.45, 2.75) is 18.2 Å². The number of rotatable bonds is 4. The summed E-state index contributed by atoms with van der Waals surface area (Å²) >= 11 is 6.14. The summed E-state index contributed by atoms with van der Waals surface area (Å²) in [5.41, 5.74) is 1.33. The van der Waals surface area contributed by atoms with Crippen molar-refractivity contribution in [2.75, 3.05) is 17.9 Å². The van der Waals surface area contributed by atoms with Crippen LogP contribution < -0.4 is 14.2 Å². The number of anilines is 1. The zero-order valence-electron chi connectivity index (χ0n) is 12.5. The molecular weight excluding hydrogens is 338 g/mol. The van der Waals surface area contributed by atoms with Crippen LogP contribution in [0.2, 0.25) is 5.02 Å². The zero-order valence-corrected chi connectivity index (χ0v) is 14.1. The maximum Gasteiger partial charge on any atom is 0.261 e. The maximum absolute atomic E-state index is 12.5. The van der Waals surface area contributed by atoms with E-state index in [-0.39, 0.29) is 15.6 Å². The number of fused-ring (bicyclic) bond motifs is 1. The van der Waals surface area contributed by atoms with Crippen LogP contribution >= 0.6 is 11.6 Å². The van der Waals surface area contributed by atoms with Gasteiger partial charge in [0, 0.05) is 12.1 Å². The third kappa shape index (κ3) is 3.38. The lowest BCUT2D eigenvalue weighted by Gasteiger charge is -2.20. The SMILES string of the molecule is CCc1ccc(S(=O)(=O)Nc2cc3c(cc2Cl)OCCO3)cc1. The van der Waals surface area contributed by atoms with Gasteiger partial charge in [0.15, 0.2) is 11.5 Å². The lowest BCUT2D eigenvalue weighted by Crippen LogP contribution is -2.17. The van der Waals surface area contributed by atoms with Crippen LogP contribution in [0.3, 0.4) is 0 Å². The summed E-state index contributed by atoms with van der Waals surface area (Å²) in [6, 6.07) is 9.82. The van der Waals surface area contributed by atoms with E-state index in [0.717, 1.165) is 12.0 Å². The Kier molecular flexibility index (Phi) is 4.37. The molecule has 1 aliphatic heterocycles. The third-order valence-corrected chi connectivity index (χ3v) is 5.21. The van der Waals surface area contributed by atoms with E-state index in [4.69, 9.17) is 21.1 Å². The molecule has 0 aromatic heterocycles. The van der Waals surface area contributed by atoms with Gasteiger partial charge in [-0.3, -0.25) is 4.72 Å². The quantitative estimate of drug-likeness (QED) is 0.914. The van der Waals surface area contributed by atoms with Crippen molar-refractivity contribution >= 4 is 27.3 Å². The van der Waals surface area contributed by atoms with Gasteiger partial charge in [-0.15, -0.1) is 0 Å². The monoisotopic (exact) mass is 353 g/mol. The number of nitrogens with one attached hydrogen (secondary N) is 1. The number of hydrogen-bond donors (Lipinski definition) is 1. The molecule has 1 heterocycles. The minimum atomic E-state index is -3.72. The summed E-state index contributed by atoms with van der Waals surface area (Å²) in [7, 11) is -3.72. The molecular formula is C16H16ClNO4S. The van der Waals surface area contributed by atoms with E-state index in [9.17, 15) is 8.42 Å². The lowest BCUT2D eigenvalue weighted by molar-refractivity contribution is 0.171. The fraction of sp³-hybridized carbons (Fsp3) is 0.250. The average molecular weight is 354 g/mol. The summed E-state index contributed by atoms with van der Waals surface area (Å²) < 4.78 is 38.3. The van der Waals surface area contributed by atoms with Crippen molar-refractivity contribution in [2.24, 2.45) is 0 Å². The highest BCUT2D eigenvalue weighted by molar-refractivity contribution is 7.92. The fourth-order valence-electron chi connectivity index (χ4n) is 2.25. The van der Waals surface area contributed by atoms with Gasteiger partial charge in [-0.05, 0) is 24.1 Å². The van der Waals surface area contributed by atoms with Crippen LogP contribution in [0, 0.1) is 0 Å². The summed E-state index contributed by atoms with van der Waals surface area (Å²) in [6.07, 6.45) is 0.849. The highest BCUT2D eigenvalue weighted by Crippen LogP contribution is 2.38. The van der Waals surface area contributed by atoms with Crippen LogP contribution in [0.15, 0.2) is 41.3 Å². The molecule has 0 unspecified atom stereocenters. The van der Waals surface area contributed by atoms with E-state index in [0.29, 0.717) is 24.7 Å². The van der Waals surface area contributed by atoms with E-state index >= 15 is 0 Å². The molecule has 0 radical (unpaired) electrons. The summed E-state index contributed by atoms with van der Waals surface area (Å²) in [5.74, 6) is 0.983. The molecule has 2 aromatic rings. The third-order valence-electron chi connectivity index (χ3n) is 3.52. The molecule has 0 bridgehead atoms. The molecule has 0 spiro atoms. The van der Waals surface area contributed by atoms with Crippen molar-refractivity contribution in [1.82, 2.24) is 0 Å². The van der Waals surface area contributed by atoms with Gasteiger partial charge in [-0.2, -0.15) is 0 Å². The Morgan fingerprint density at radius 3 is 2.30 bits per heavy atom. The van der Waals surface area contributed by atoms with Gasteiger partial charge in [-0.25, -0.2) is 8.42 Å². The van der Waals surface area contributed by atoms with Gasteiger partial charge in [-0.1, -0.05) is 30.7 Å². The van der Waals surface area contributed by atoms with E-state index in [1.807, 2.05) is 6.92 Å². The average Bonchev–Trinajstić information content (AvgIpc) is 2.55. The largest absolute Gasteiger partial charge is 0.486 e. The van der Waals surface area contributed by atoms with Crippen LogP contribution in [0.25, 0.3) is 0 Å². The van der Waals surface area contributed by atoms with Crippen LogP contribution in [-0.4, -0.2) is 21.6 Å². The number of sulfonamides is 1. The van der Waals surface area contributed by atoms with Crippen LogP contribution in [-0.2, 0) is 16.4 Å². The summed E-state index contributed by atoms with van der Waals surface area (Å²) in [4.78, 5) is 0.181. The van der Waals surface area contributed by atoms with Crippen LogP contribution in [0.5, 0.6) is 11.5 Å². The molecule has 3 rings (SSSR count). The smallest absolute Gasteiger partial charge is 0.261 e. The minimum Gasteiger partial charge on any atom is -0.486 e. The van der Waals surface area contributed by atoms with Gasteiger partial charge in [0.1, 0.15) is 13.2 Å². The van der Waals surface area contributed by atoms with Crippen molar-refractivity contribution in [3.05, 3.63) is 47.0 Å². The normalized spacial score (nSPS) is 13.7. The molecule has 0 saturated heterocycles. The first-order valence-electron chi connectivity index (χ1n) is 7.20. The molecule has 0 amide bonds. The number of aryl methyl sites for hydroxylation is 1. The number of hydrogen-bond acceptors (Lipinski definition) is 4. The Morgan fingerprint density at radius 2 is 1.70 bits per heavy atom. The Hall–Kier alpha value is -1.92. The second kappa shape index (κ2) is 6.29. The highest BCUT2D eigenvalue weighted by atomic mass is 35.5. The Labute approximate surface area is 140 Å². The van der Waals surface area contributed by atoms with Gasteiger partial charge in [0.25, 0.3) is 10.0 Å². The number of halogens is 1. The first kappa shape index (κ1) is 16.0. The molecule has 122 valence electrons. The zero-order chi connectivity index (χ0) is 16.4. The predicted molar refractivity (Wildman–Crippen MR) is 89.1 cm³/mol. The highest BCUT2D eigenvalue weighted by Gasteiger charge is 2.20. The maximum atomic E-state index is 12.5. The summed E-state index contributed by atoms with van der Waals surface area (Å²) in [5, 5.41) is 0.253. The van der Waals surface area contributed by atoms with E-state index in [2.05, 4.69) is 4.72 Å². The molecule has 2 aromatic carbocycles. The molecule has 7 heteroatoms. The Balaban J connectivity index is 1.90. The topological polar surface area (TPSA) is 64.6 Å². The standard InChI is InChI=1S/C16H16ClNO4S/c1-2-11-3-5-12(6-4-11)23(19,20)18-14-10-16-15(9-13(14)17)21-7-8-22-16/h3-6,9-10,18H,2,7-8H2,1H3. The van der Waals surface area contributed by atoms with Crippen molar-refractivity contribution in [3.63, 3.8) is 0 Å². The van der Waals surface area contributed by atoms with E-state index < -0.39 is 10.0 Å². The second-order valence-corrected chi connectivity index (χ2v) is 7.17. The Bertz CT molecular complexity index is 819. The van der Waals surface area contributed by atoms with Crippen LogP contribution in [0.4, 0.5) is 5.69 Å². The Morgan fingerprint density at radius 1 is 1.09 bits per heavy atom. The number of benzene rings is 2.